The fourth-order valence-electron chi connectivity index (χ4n) is 0.692. The number of aliphatic hydroxyl groups is 3. The molecular formula is C9H22O6S. The second kappa shape index (κ2) is 9.98. The van der Waals surface area contributed by atoms with Gasteiger partial charge < -0.3 is 15.3 Å². The van der Waals surface area contributed by atoms with Gasteiger partial charge >= 0.3 is 0 Å². The maximum atomic E-state index is 9.89. The lowest BCUT2D eigenvalue weighted by molar-refractivity contribution is 0.153. The molecule has 0 aromatic carbocycles. The molecule has 0 aliphatic rings. The molecule has 0 saturated carbocycles. The van der Waals surface area contributed by atoms with E-state index >= 15 is 0 Å². The number of rotatable bonds is 6. The first-order chi connectivity index (χ1) is 7.29. The van der Waals surface area contributed by atoms with Crippen LogP contribution in [-0.2, 0) is 10.1 Å². The fraction of sp³-hybridized carbons (Fsp3) is 1.00. The summed E-state index contributed by atoms with van der Waals surface area (Å²) < 4.78 is 27.8. The van der Waals surface area contributed by atoms with Crippen molar-refractivity contribution in [3.05, 3.63) is 0 Å². The molecule has 0 heterocycles. The minimum atomic E-state index is -3.74. The van der Waals surface area contributed by atoms with E-state index in [1.807, 2.05) is 0 Å². The highest BCUT2D eigenvalue weighted by atomic mass is 32.2. The minimum absolute atomic E-state index is 0.0567. The maximum absolute atomic E-state index is 9.89. The number of hydrogen-bond donors (Lipinski definition) is 4. The summed E-state index contributed by atoms with van der Waals surface area (Å²) in [7, 11) is -3.74. The fourth-order valence-corrected chi connectivity index (χ4v) is 0.692. The third kappa shape index (κ3) is 11.9. The van der Waals surface area contributed by atoms with Crippen LogP contribution in [0.2, 0.25) is 0 Å². The van der Waals surface area contributed by atoms with Crippen LogP contribution in [0.4, 0.5) is 0 Å². The quantitative estimate of drug-likeness (QED) is 0.484. The highest BCUT2D eigenvalue weighted by Crippen LogP contribution is 2.04. The summed E-state index contributed by atoms with van der Waals surface area (Å²) in [6.45, 7) is 3.06. The zero-order valence-corrected chi connectivity index (χ0v) is 10.5. The Bertz CT molecular complexity index is 230. The van der Waals surface area contributed by atoms with Crippen molar-refractivity contribution in [2.45, 2.75) is 31.9 Å². The molecule has 0 aromatic rings. The Labute approximate surface area is 96.7 Å². The van der Waals surface area contributed by atoms with Crippen LogP contribution in [0.25, 0.3) is 0 Å². The average Bonchev–Trinajstić information content (AvgIpc) is 2.17. The standard InChI is InChI=1S/C6H14O3.C3H8O3S/c7-3-1-6(5-9)2-4-8;1-3(2)7(4,5)6/h6-9H,1-5H2;3H,1-2H3,(H,4,5,6). The minimum Gasteiger partial charge on any atom is -0.396 e. The summed E-state index contributed by atoms with van der Waals surface area (Å²) in [5.41, 5.74) is 0. The molecule has 100 valence electrons. The van der Waals surface area contributed by atoms with E-state index in [0.717, 1.165) is 0 Å². The summed E-state index contributed by atoms with van der Waals surface area (Å²) >= 11 is 0. The van der Waals surface area contributed by atoms with Gasteiger partial charge in [-0.25, -0.2) is 0 Å². The van der Waals surface area contributed by atoms with Gasteiger partial charge in [0.25, 0.3) is 10.1 Å². The Balaban J connectivity index is 0. The van der Waals surface area contributed by atoms with Gasteiger partial charge in [0.1, 0.15) is 0 Å². The Morgan fingerprint density at radius 1 is 1.00 bits per heavy atom. The van der Waals surface area contributed by atoms with E-state index in [1.54, 1.807) is 0 Å². The molecule has 0 aromatic heterocycles. The van der Waals surface area contributed by atoms with E-state index in [2.05, 4.69) is 0 Å². The predicted octanol–water partition coefficient (Wildman–Crippen LogP) is -0.358. The van der Waals surface area contributed by atoms with Gasteiger partial charge in [-0.3, -0.25) is 4.55 Å². The van der Waals surface area contributed by atoms with E-state index in [1.165, 1.54) is 13.8 Å². The van der Waals surface area contributed by atoms with Gasteiger partial charge in [-0.05, 0) is 32.6 Å². The SMILES string of the molecule is CC(C)S(=O)(=O)O.OCCC(CO)CCO. The van der Waals surface area contributed by atoms with Gasteiger partial charge in [0.15, 0.2) is 0 Å². The lowest BCUT2D eigenvalue weighted by Gasteiger charge is -2.08. The first-order valence-corrected chi connectivity index (χ1v) is 6.58. The van der Waals surface area contributed by atoms with Crippen molar-refractivity contribution in [2.24, 2.45) is 5.92 Å². The van der Waals surface area contributed by atoms with Crippen molar-refractivity contribution >= 4 is 10.1 Å². The zero-order valence-electron chi connectivity index (χ0n) is 9.70. The molecule has 0 saturated heterocycles. The number of aliphatic hydroxyl groups excluding tert-OH is 3. The molecule has 0 fully saturated rings. The van der Waals surface area contributed by atoms with Gasteiger partial charge in [0.2, 0.25) is 0 Å². The summed E-state index contributed by atoms with van der Waals surface area (Å²) in [6, 6.07) is 0. The second-order valence-electron chi connectivity index (χ2n) is 3.64. The topological polar surface area (TPSA) is 115 Å². The van der Waals surface area contributed by atoms with E-state index < -0.39 is 15.4 Å². The molecule has 0 radical (unpaired) electrons. The predicted molar refractivity (Wildman–Crippen MR) is 60.7 cm³/mol. The lowest BCUT2D eigenvalue weighted by Crippen LogP contribution is -2.10. The maximum Gasteiger partial charge on any atom is 0.267 e. The van der Waals surface area contributed by atoms with E-state index in [4.69, 9.17) is 19.9 Å². The van der Waals surface area contributed by atoms with Gasteiger partial charge in [0, 0.05) is 19.8 Å². The smallest absolute Gasteiger partial charge is 0.267 e. The van der Waals surface area contributed by atoms with Crippen LogP contribution in [0.1, 0.15) is 26.7 Å². The van der Waals surface area contributed by atoms with Crippen molar-refractivity contribution in [1.29, 1.82) is 0 Å². The largest absolute Gasteiger partial charge is 0.396 e. The van der Waals surface area contributed by atoms with Gasteiger partial charge in [-0.2, -0.15) is 8.42 Å². The molecule has 6 nitrogen and oxygen atoms in total. The Morgan fingerprint density at radius 3 is 1.44 bits per heavy atom. The first kappa shape index (κ1) is 18.2. The lowest BCUT2D eigenvalue weighted by atomic mass is 10.0. The van der Waals surface area contributed by atoms with Gasteiger partial charge in [-0.15, -0.1) is 0 Å². The first-order valence-electron chi connectivity index (χ1n) is 5.08. The van der Waals surface area contributed by atoms with Crippen molar-refractivity contribution in [3.8, 4) is 0 Å². The van der Waals surface area contributed by atoms with Crippen LogP contribution >= 0.6 is 0 Å². The Kier molecular flexibility index (Phi) is 11.3. The molecule has 0 spiro atoms. The molecule has 0 rings (SSSR count). The monoisotopic (exact) mass is 258 g/mol. The third-order valence-electron chi connectivity index (χ3n) is 1.93. The Hall–Kier alpha value is -0.210. The molecule has 0 bridgehead atoms. The molecule has 16 heavy (non-hydrogen) atoms. The summed E-state index contributed by atoms with van der Waals surface area (Å²) in [5, 5.41) is 24.7. The van der Waals surface area contributed by atoms with Gasteiger partial charge in [-0.1, -0.05) is 0 Å². The number of hydrogen-bond acceptors (Lipinski definition) is 5. The second-order valence-corrected chi connectivity index (χ2v) is 5.61. The van der Waals surface area contributed by atoms with Gasteiger partial charge in [0.05, 0.1) is 5.25 Å². The molecule has 0 amide bonds. The molecule has 4 N–H and O–H groups in total. The molecule has 7 heteroatoms. The summed E-state index contributed by atoms with van der Waals surface area (Å²) in [6.07, 6.45) is 1.16. The summed E-state index contributed by atoms with van der Waals surface area (Å²) in [5.74, 6) is 0.0694. The molecule has 0 aliphatic heterocycles. The average molecular weight is 258 g/mol. The van der Waals surface area contributed by atoms with Crippen molar-refractivity contribution in [3.63, 3.8) is 0 Å². The molecule has 0 atom stereocenters. The van der Waals surface area contributed by atoms with Crippen LogP contribution in [-0.4, -0.2) is 53.4 Å². The normalized spacial score (nSPS) is 11.5. The van der Waals surface area contributed by atoms with E-state index in [-0.39, 0.29) is 25.7 Å². The highest BCUT2D eigenvalue weighted by Gasteiger charge is 2.08. The van der Waals surface area contributed by atoms with Crippen LogP contribution in [0.5, 0.6) is 0 Å². The highest BCUT2D eigenvalue weighted by molar-refractivity contribution is 7.86. The van der Waals surface area contributed by atoms with Crippen molar-refractivity contribution in [2.75, 3.05) is 19.8 Å². The van der Waals surface area contributed by atoms with E-state index in [9.17, 15) is 8.42 Å². The van der Waals surface area contributed by atoms with E-state index in [0.29, 0.717) is 12.8 Å². The van der Waals surface area contributed by atoms with Crippen LogP contribution in [0.3, 0.4) is 0 Å². The molecule has 0 aliphatic carbocycles. The van der Waals surface area contributed by atoms with Crippen molar-refractivity contribution < 1.29 is 28.3 Å². The third-order valence-corrected chi connectivity index (χ3v) is 3.12. The Morgan fingerprint density at radius 2 is 1.31 bits per heavy atom. The molecule has 0 unspecified atom stereocenters. The van der Waals surface area contributed by atoms with Crippen LogP contribution in [0, 0.1) is 5.92 Å². The summed E-state index contributed by atoms with van der Waals surface area (Å²) in [4.78, 5) is 0. The zero-order chi connectivity index (χ0) is 13.2. The van der Waals surface area contributed by atoms with Crippen LogP contribution < -0.4 is 0 Å². The molecular weight excluding hydrogens is 236 g/mol. The van der Waals surface area contributed by atoms with Crippen molar-refractivity contribution in [1.82, 2.24) is 0 Å². The van der Waals surface area contributed by atoms with Crippen LogP contribution in [0.15, 0.2) is 0 Å².